The van der Waals surface area contributed by atoms with E-state index < -0.39 is 23.2 Å². The van der Waals surface area contributed by atoms with Crippen molar-refractivity contribution >= 4 is 28.8 Å². The van der Waals surface area contributed by atoms with Gasteiger partial charge in [0.1, 0.15) is 5.75 Å². The summed E-state index contributed by atoms with van der Waals surface area (Å²) in [7, 11) is 1.70. The van der Waals surface area contributed by atoms with E-state index in [9.17, 15) is 22.8 Å². The highest BCUT2D eigenvalue weighted by Crippen LogP contribution is 2.45. The fourth-order valence-electron chi connectivity index (χ4n) is 4.43. The third-order valence-corrected chi connectivity index (χ3v) is 6.23. The Balaban J connectivity index is 1.43. The first kappa shape index (κ1) is 21.5. The van der Waals surface area contributed by atoms with Gasteiger partial charge in [0.2, 0.25) is 11.8 Å². The van der Waals surface area contributed by atoms with Crippen LogP contribution < -0.4 is 15.0 Å². The van der Waals surface area contributed by atoms with Gasteiger partial charge in [0, 0.05) is 42.9 Å². The van der Waals surface area contributed by atoms with E-state index in [1.165, 1.54) is 12.1 Å². The summed E-state index contributed by atoms with van der Waals surface area (Å²) in [5, 5.41) is 2.80. The largest absolute Gasteiger partial charge is 0.481 e. The number of amides is 2. The van der Waals surface area contributed by atoms with E-state index in [1.807, 2.05) is 6.07 Å². The maximum Gasteiger partial charge on any atom is 0.416 e. The van der Waals surface area contributed by atoms with E-state index in [4.69, 9.17) is 9.47 Å². The maximum atomic E-state index is 13.2. The molecule has 6 nitrogen and oxygen atoms in total. The quantitative estimate of drug-likeness (QED) is 0.686. The van der Waals surface area contributed by atoms with E-state index in [2.05, 4.69) is 5.32 Å². The van der Waals surface area contributed by atoms with Gasteiger partial charge in [0.25, 0.3) is 0 Å². The van der Waals surface area contributed by atoms with E-state index in [0.717, 1.165) is 23.4 Å². The monoisotopic (exact) mass is 458 g/mol. The number of nitrogens with one attached hydrogen (secondary N) is 1. The molecule has 0 aromatic heterocycles. The van der Waals surface area contributed by atoms with Crippen LogP contribution in [0.2, 0.25) is 0 Å². The SMILES string of the molecule is CN1C(=O)CCc2ccc(NC(=O)C=C3CC4(COC4)Oc4cc(C(F)(F)F)ccc43)cc21. The smallest absolute Gasteiger partial charge is 0.416 e. The molecule has 2 aromatic rings. The molecular formula is C24H21F3N2O4. The highest BCUT2D eigenvalue weighted by Gasteiger charge is 2.46. The zero-order valence-corrected chi connectivity index (χ0v) is 17.8. The fourth-order valence-corrected chi connectivity index (χ4v) is 4.43. The molecule has 1 spiro atoms. The van der Waals surface area contributed by atoms with Crippen LogP contribution in [0.3, 0.4) is 0 Å². The van der Waals surface area contributed by atoms with Crippen LogP contribution in [0, 0.1) is 0 Å². The standard InChI is InChI=1S/C24H21F3N2O4/c1-29-19-10-17(5-2-14(19)3-7-22(29)31)28-21(30)8-15-11-23(12-32-13-23)33-20-9-16(24(25,26)27)4-6-18(15)20/h2,4-6,8-10H,3,7,11-13H2,1H3,(H,28,30). The first-order chi connectivity index (χ1) is 15.6. The number of carbonyl (C=O) groups excluding carboxylic acids is 2. The van der Waals surface area contributed by atoms with E-state index in [1.54, 1.807) is 24.1 Å². The third-order valence-electron chi connectivity index (χ3n) is 6.23. The second-order valence-corrected chi connectivity index (χ2v) is 8.62. The number of carbonyl (C=O) groups is 2. The van der Waals surface area contributed by atoms with Crippen molar-refractivity contribution in [2.45, 2.75) is 31.0 Å². The highest BCUT2D eigenvalue weighted by molar-refractivity contribution is 6.05. The molecule has 9 heteroatoms. The Bertz CT molecular complexity index is 1180. The number of anilines is 2. The Kier molecular flexibility index (Phi) is 4.97. The van der Waals surface area contributed by atoms with Crippen molar-refractivity contribution in [2.75, 3.05) is 30.5 Å². The number of alkyl halides is 3. The maximum absolute atomic E-state index is 13.2. The van der Waals surface area contributed by atoms with Crippen LogP contribution >= 0.6 is 0 Å². The number of fused-ring (bicyclic) bond motifs is 2. The number of benzene rings is 2. The molecule has 0 saturated carbocycles. The van der Waals surface area contributed by atoms with Gasteiger partial charge < -0.3 is 19.7 Å². The van der Waals surface area contributed by atoms with Crippen molar-refractivity contribution < 1.29 is 32.2 Å². The zero-order chi connectivity index (χ0) is 23.4. The average molecular weight is 458 g/mol. The second-order valence-electron chi connectivity index (χ2n) is 8.62. The lowest BCUT2D eigenvalue weighted by Crippen LogP contribution is -2.55. The number of nitrogens with zero attached hydrogens (tertiary/aromatic N) is 1. The molecule has 1 saturated heterocycles. The predicted octanol–water partition coefficient (Wildman–Crippen LogP) is 4.19. The summed E-state index contributed by atoms with van der Waals surface area (Å²) >= 11 is 0. The molecule has 1 fully saturated rings. The zero-order valence-electron chi connectivity index (χ0n) is 17.8. The van der Waals surface area contributed by atoms with Crippen LogP contribution in [-0.4, -0.2) is 37.7 Å². The summed E-state index contributed by atoms with van der Waals surface area (Å²) in [6, 6.07) is 8.69. The predicted molar refractivity (Wildman–Crippen MR) is 115 cm³/mol. The molecule has 2 amide bonds. The normalized spacial score (nSPS) is 20.1. The Hall–Kier alpha value is -3.33. The first-order valence-corrected chi connectivity index (χ1v) is 10.5. The molecule has 0 aliphatic carbocycles. The molecule has 2 aromatic carbocycles. The van der Waals surface area contributed by atoms with Crippen molar-refractivity contribution in [3.63, 3.8) is 0 Å². The molecule has 0 radical (unpaired) electrons. The molecule has 3 heterocycles. The van der Waals surface area contributed by atoms with Crippen LogP contribution in [0.1, 0.15) is 29.5 Å². The van der Waals surface area contributed by atoms with Gasteiger partial charge in [0.15, 0.2) is 5.60 Å². The van der Waals surface area contributed by atoms with Gasteiger partial charge in [-0.05, 0) is 41.8 Å². The molecule has 3 aliphatic rings. The van der Waals surface area contributed by atoms with Crippen molar-refractivity contribution in [3.05, 3.63) is 59.2 Å². The lowest BCUT2D eigenvalue weighted by atomic mass is 9.85. The number of hydrogen-bond donors (Lipinski definition) is 1. The van der Waals surface area contributed by atoms with Crippen LogP contribution in [0.15, 0.2) is 42.5 Å². The molecule has 33 heavy (non-hydrogen) atoms. The number of halogens is 3. The topological polar surface area (TPSA) is 67.9 Å². The van der Waals surface area contributed by atoms with Gasteiger partial charge >= 0.3 is 6.18 Å². The summed E-state index contributed by atoms with van der Waals surface area (Å²) in [4.78, 5) is 26.4. The van der Waals surface area contributed by atoms with Gasteiger partial charge in [-0.3, -0.25) is 9.59 Å². The average Bonchev–Trinajstić information content (AvgIpc) is 2.74. The Morgan fingerprint density at radius 3 is 2.64 bits per heavy atom. The Morgan fingerprint density at radius 2 is 1.94 bits per heavy atom. The molecule has 5 rings (SSSR count). The number of ether oxygens (including phenoxy) is 2. The Morgan fingerprint density at radius 1 is 1.15 bits per heavy atom. The van der Waals surface area contributed by atoms with E-state index in [0.29, 0.717) is 36.1 Å². The lowest BCUT2D eigenvalue weighted by Gasteiger charge is -2.45. The van der Waals surface area contributed by atoms with Gasteiger partial charge in [-0.15, -0.1) is 0 Å². The van der Waals surface area contributed by atoms with Crippen LogP contribution in [-0.2, 0) is 26.9 Å². The summed E-state index contributed by atoms with van der Waals surface area (Å²) in [5.41, 5.74) is 1.76. The number of aryl methyl sites for hydroxylation is 1. The molecule has 0 bridgehead atoms. The van der Waals surface area contributed by atoms with Crippen molar-refractivity contribution in [1.82, 2.24) is 0 Å². The molecular weight excluding hydrogens is 437 g/mol. The van der Waals surface area contributed by atoms with Crippen molar-refractivity contribution in [3.8, 4) is 5.75 Å². The van der Waals surface area contributed by atoms with Gasteiger partial charge in [-0.2, -0.15) is 13.2 Å². The molecule has 3 aliphatic heterocycles. The van der Waals surface area contributed by atoms with E-state index in [-0.39, 0.29) is 24.9 Å². The van der Waals surface area contributed by atoms with Gasteiger partial charge in [0.05, 0.1) is 18.8 Å². The minimum Gasteiger partial charge on any atom is -0.481 e. The fraction of sp³-hybridized carbons (Fsp3) is 0.333. The minimum atomic E-state index is -4.50. The third kappa shape index (κ3) is 3.97. The van der Waals surface area contributed by atoms with Gasteiger partial charge in [-0.1, -0.05) is 12.1 Å². The van der Waals surface area contributed by atoms with Crippen LogP contribution in [0.4, 0.5) is 24.5 Å². The minimum absolute atomic E-state index is 0.0122. The molecule has 172 valence electrons. The van der Waals surface area contributed by atoms with Gasteiger partial charge in [-0.25, -0.2) is 0 Å². The first-order valence-electron chi connectivity index (χ1n) is 10.5. The van der Waals surface area contributed by atoms with Crippen LogP contribution in [0.25, 0.3) is 5.57 Å². The molecule has 0 atom stereocenters. The second kappa shape index (κ2) is 7.62. The van der Waals surface area contributed by atoms with Crippen molar-refractivity contribution in [2.24, 2.45) is 0 Å². The lowest BCUT2D eigenvalue weighted by molar-refractivity contribution is -0.161. The van der Waals surface area contributed by atoms with Crippen molar-refractivity contribution in [1.29, 1.82) is 0 Å². The number of rotatable bonds is 2. The summed E-state index contributed by atoms with van der Waals surface area (Å²) < 4.78 is 50.7. The summed E-state index contributed by atoms with van der Waals surface area (Å²) in [6.45, 7) is 0.486. The summed E-state index contributed by atoms with van der Waals surface area (Å²) in [6.07, 6.45) is -1.66. The summed E-state index contributed by atoms with van der Waals surface area (Å²) in [5.74, 6) is -0.316. The van der Waals surface area contributed by atoms with E-state index >= 15 is 0 Å². The van der Waals surface area contributed by atoms with Crippen LogP contribution in [0.5, 0.6) is 5.75 Å². The molecule has 1 N–H and O–H groups in total. The Labute approximate surface area is 188 Å². The molecule has 0 unspecified atom stereocenters. The highest BCUT2D eigenvalue weighted by atomic mass is 19.4. The number of hydrogen-bond acceptors (Lipinski definition) is 4.